The Morgan fingerprint density at radius 1 is 1.30 bits per heavy atom. The lowest BCUT2D eigenvalue weighted by Gasteiger charge is -2.20. The van der Waals surface area contributed by atoms with E-state index in [1.807, 2.05) is 36.9 Å². The average molecular weight is 272 g/mol. The molecule has 0 saturated heterocycles. The van der Waals surface area contributed by atoms with Gasteiger partial charge in [-0.25, -0.2) is 0 Å². The Labute approximate surface area is 119 Å². The number of amides is 2. The van der Waals surface area contributed by atoms with Crippen molar-refractivity contribution < 1.29 is 9.59 Å². The molecule has 1 heterocycles. The molecule has 1 saturated carbocycles. The SMILES string of the molecule is CC(C)C(=O)N1CCc2ccc(C(=O)NC3CC3)cc21. The van der Waals surface area contributed by atoms with E-state index in [1.54, 1.807) is 0 Å². The molecule has 4 heteroatoms. The van der Waals surface area contributed by atoms with Crippen molar-refractivity contribution >= 4 is 17.5 Å². The molecule has 1 fully saturated rings. The van der Waals surface area contributed by atoms with Crippen LogP contribution < -0.4 is 10.2 Å². The predicted octanol–water partition coefficient (Wildman–Crippen LogP) is 2.12. The Kier molecular flexibility index (Phi) is 3.24. The Morgan fingerprint density at radius 3 is 2.70 bits per heavy atom. The van der Waals surface area contributed by atoms with Crippen LogP contribution in [0.1, 0.15) is 42.6 Å². The number of nitrogens with one attached hydrogen (secondary N) is 1. The normalized spacial score (nSPS) is 17.2. The van der Waals surface area contributed by atoms with Crippen molar-refractivity contribution in [3.8, 4) is 0 Å². The van der Waals surface area contributed by atoms with E-state index in [1.165, 1.54) is 0 Å². The van der Waals surface area contributed by atoms with Crippen LogP contribution in [0.3, 0.4) is 0 Å². The van der Waals surface area contributed by atoms with Crippen LogP contribution in [0, 0.1) is 5.92 Å². The zero-order chi connectivity index (χ0) is 14.3. The fourth-order valence-corrected chi connectivity index (χ4v) is 2.56. The fourth-order valence-electron chi connectivity index (χ4n) is 2.56. The molecule has 0 radical (unpaired) electrons. The van der Waals surface area contributed by atoms with Crippen LogP contribution in [-0.4, -0.2) is 24.4 Å². The Bertz CT molecular complexity index is 562. The van der Waals surface area contributed by atoms with Gasteiger partial charge < -0.3 is 10.2 Å². The second-order valence-electron chi connectivity index (χ2n) is 5.99. The van der Waals surface area contributed by atoms with E-state index in [-0.39, 0.29) is 17.7 Å². The molecule has 0 bridgehead atoms. The van der Waals surface area contributed by atoms with Crippen molar-refractivity contribution in [1.82, 2.24) is 5.32 Å². The maximum absolute atomic E-state index is 12.2. The van der Waals surface area contributed by atoms with Crippen molar-refractivity contribution in [1.29, 1.82) is 0 Å². The molecule has 2 aliphatic rings. The van der Waals surface area contributed by atoms with Gasteiger partial charge in [-0.3, -0.25) is 9.59 Å². The topological polar surface area (TPSA) is 49.4 Å². The standard InChI is InChI=1S/C16H20N2O2/c1-10(2)16(20)18-8-7-11-3-4-12(9-14(11)18)15(19)17-13-5-6-13/h3-4,9-10,13H,5-8H2,1-2H3,(H,17,19). The average Bonchev–Trinajstić information content (AvgIpc) is 3.14. The molecule has 0 spiro atoms. The molecular weight excluding hydrogens is 252 g/mol. The molecule has 106 valence electrons. The smallest absolute Gasteiger partial charge is 0.251 e. The zero-order valence-corrected chi connectivity index (χ0v) is 12.0. The first kappa shape index (κ1) is 13.2. The summed E-state index contributed by atoms with van der Waals surface area (Å²) in [7, 11) is 0. The Morgan fingerprint density at radius 2 is 2.05 bits per heavy atom. The summed E-state index contributed by atoms with van der Waals surface area (Å²) >= 11 is 0. The van der Waals surface area contributed by atoms with E-state index in [0.29, 0.717) is 11.6 Å². The lowest BCUT2D eigenvalue weighted by atomic mass is 10.1. The van der Waals surface area contributed by atoms with Crippen molar-refractivity contribution in [2.24, 2.45) is 5.92 Å². The Hall–Kier alpha value is -1.84. The van der Waals surface area contributed by atoms with Gasteiger partial charge in [0.25, 0.3) is 5.91 Å². The Balaban J connectivity index is 1.85. The van der Waals surface area contributed by atoms with Crippen LogP contribution >= 0.6 is 0 Å². The molecule has 1 aliphatic carbocycles. The third-order valence-electron chi connectivity index (χ3n) is 3.92. The molecule has 0 unspecified atom stereocenters. The van der Waals surface area contributed by atoms with Gasteiger partial charge in [0, 0.05) is 29.8 Å². The van der Waals surface area contributed by atoms with Gasteiger partial charge in [0.05, 0.1) is 0 Å². The van der Waals surface area contributed by atoms with Crippen molar-refractivity contribution in [3.05, 3.63) is 29.3 Å². The van der Waals surface area contributed by atoms with Gasteiger partial charge in [-0.2, -0.15) is 0 Å². The highest BCUT2D eigenvalue weighted by molar-refractivity contribution is 6.00. The van der Waals surface area contributed by atoms with E-state index in [2.05, 4.69) is 5.32 Å². The van der Waals surface area contributed by atoms with Crippen LogP contribution in [0.15, 0.2) is 18.2 Å². The maximum Gasteiger partial charge on any atom is 0.251 e. The van der Waals surface area contributed by atoms with Gasteiger partial charge in [-0.05, 0) is 37.0 Å². The third kappa shape index (κ3) is 2.42. The molecule has 20 heavy (non-hydrogen) atoms. The highest BCUT2D eigenvalue weighted by Gasteiger charge is 2.28. The second-order valence-corrected chi connectivity index (χ2v) is 5.99. The van der Waals surface area contributed by atoms with Crippen LogP contribution in [0.4, 0.5) is 5.69 Å². The van der Waals surface area contributed by atoms with E-state index >= 15 is 0 Å². The minimum absolute atomic E-state index is 0.0232. The number of fused-ring (bicyclic) bond motifs is 1. The summed E-state index contributed by atoms with van der Waals surface area (Å²) in [6.07, 6.45) is 3.03. The number of benzene rings is 1. The summed E-state index contributed by atoms with van der Waals surface area (Å²) in [5.74, 6) is 0.0764. The predicted molar refractivity (Wildman–Crippen MR) is 77.8 cm³/mol. The summed E-state index contributed by atoms with van der Waals surface area (Å²) in [6.45, 7) is 4.54. The van der Waals surface area contributed by atoms with Crippen LogP contribution in [-0.2, 0) is 11.2 Å². The summed E-state index contributed by atoms with van der Waals surface area (Å²) < 4.78 is 0. The minimum Gasteiger partial charge on any atom is -0.349 e. The fraction of sp³-hybridized carbons (Fsp3) is 0.500. The number of hydrogen-bond acceptors (Lipinski definition) is 2. The summed E-state index contributed by atoms with van der Waals surface area (Å²) in [5, 5.41) is 2.99. The second kappa shape index (κ2) is 4.93. The molecule has 0 aromatic heterocycles. The number of nitrogens with zero attached hydrogens (tertiary/aromatic N) is 1. The first-order valence-electron chi connectivity index (χ1n) is 7.31. The molecule has 4 nitrogen and oxygen atoms in total. The lowest BCUT2D eigenvalue weighted by Crippen LogP contribution is -2.32. The highest BCUT2D eigenvalue weighted by atomic mass is 16.2. The first-order valence-corrected chi connectivity index (χ1v) is 7.31. The molecule has 1 N–H and O–H groups in total. The molecule has 1 aliphatic heterocycles. The molecular formula is C16H20N2O2. The zero-order valence-electron chi connectivity index (χ0n) is 12.0. The van der Waals surface area contributed by atoms with E-state index < -0.39 is 0 Å². The maximum atomic E-state index is 12.2. The number of hydrogen-bond donors (Lipinski definition) is 1. The molecule has 1 aromatic carbocycles. The molecule has 2 amide bonds. The first-order chi connectivity index (χ1) is 9.56. The molecule has 0 atom stereocenters. The van der Waals surface area contributed by atoms with E-state index in [4.69, 9.17) is 0 Å². The van der Waals surface area contributed by atoms with Gasteiger partial charge in [0.15, 0.2) is 0 Å². The number of carbonyl (C=O) groups excluding carboxylic acids is 2. The summed E-state index contributed by atoms with van der Waals surface area (Å²) in [6, 6.07) is 6.05. The van der Waals surface area contributed by atoms with Crippen molar-refractivity contribution in [2.75, 3.05) is 11.4 Å². The van der Waals surface area contributed by atoms with Gasteiger partial charge in [-0.15, -0.1) is 0 Å². The van der Waals surface area contributed by atoms with Crippen LogP contribution in [0.2, 0.25) is 0 Å². The number of anilines is 1. The quantitative estimate of drug-likeness (QED) is 0.916. The molecule has 1 aromatic rings. The van der Waals surface area contributed by atoms with E-state index in [9.17, 15) is 9.59 Å². The largest absolute Gasteiger partial charge is 0.349 e. The van der Waals surface area contributed by atoms with Gasteiger partial charge >= 0.3 is 0 Å². The third-order valence-corrected chi connectivity index (χ3v) is 3.92. The number of rotatable bonds is 3. The minimum atomic E-state index is -0.0286. The van der Waals surface area contributed by atoms with Gasteiger partial charge in [0.1, 0.15) is 0 Å². The van der Waals surface area contributed by atoms with Crippen LogP contribution in [0.5, 0.6) is 0 Å². The van der Waals surface area contributed by atoms with Gasteiger partial charge in [-0.1, -0.05) is 19.9 Å². The van der Waals surface area contributed by atoms with Crippen molar-refractivity contribution in [2.45, 2.75) is 39.2 Å². The summed E-state index contributed by atoms with van der Waals surface area (Å²) in [5.41, 5.74) is 2.72. The highest BCUT2D eigenvalue weighted by Crippen LogP contribution is 2.30. The number of carbonyl (C=O) groups is 2. The van der Waals surface area contributed by atoms with Crippen molar-refractivity contribution in [3.63, 3.8) is 0 Å². The van der Waals surface area contributed by atoms with E-state index in [0.717, 1.165) is 37.1 Å². The monoisotopic (exact) mass is 272 g/mol. The van der Waals surface area contributed by atoms with Gasteiger partial charge in [0.2, 0.25) is 5.91 Å². The van der Waals surface area contributed by atoms with Crippen LogP contribution in [0.25, 0.3) is 0 Å². The summed E-state index contributed by atoms with van der Waals surface area (Å²) in [4.78, 5) is 26.1. The molecule has 3 rings (SSSR count). The lowest BCUT2D eigenvalue weighted by molar-refractivity contribution is -0.121.